The van der Waals surface area contributed by atoms with Crippen molar-refractivity contribution in [3.63, 3.8) is 0 Å². The minimum Gasteiger partial charge on any atom is -0.311 e. The van der Waals surface area contributed by atoms with E-state index >= 15 is 0 Å². The summed E-state index contributed by atoms with van der Waals surface area (Å²) in [6.45, 7) is 12.5. The predicted molar refractivity (Wildman–Crippen MR) is 417 cm³/mol. The van der Waals surface area contributed by atoms with Crippen LogP contribution in [-0.4, -0.2) is 20.4 Å². The summed E-state index contributed by atoms with van der Waals surface area (Å²) in [6, 6.07) is 58.7. The highest BCUT2D eigenvalue weighted by atomic mass is 15.2. The molecule has 0 N–H and O–H groups in total. The second-order valence-corrected chi connectivity index (χ2v) is 27.6. The Labute approximate surface area is 597 Å². The molecule has 5 nitrogen and oxygen atoms in total. The summed E-state index contributed by atoms with van der Waals surface area (Å²) < 4.78 is 174. The number of nitrogens with zero attached hydrogens (tertiary/aromatic N) is 5. The second-order valence-electron chi connectivity index (χ2n) is 27.6. The number of aromatic nitrogens is 3. The van der Waals surface area contributed by atoms with Crippen LogP contribution >= 0.6 is 0 Å². The molecule has 0 bridgehead atoms. The fourth-order valence-electron chi connectivity index (χ4n) is 15.3. The normalized spacial score (nSPS) is 15.5. The van der Waals surface area contributed by atoms with E-state index in [0.717, 1.165) is 60.6 Å². The van der Waals surface area contributed by atoms with Gasteiger partial charge < -0.3 is 23.5 Å². The number of para-hydroxylation sites is 5. The lowest BCUT2D eigenvalue weighted by molar-refractivity contribution is 0.590. The molecule has 14 aromatic carbocycles. The van der Waals surface area contributed by atoms with Gasteiger partial charge in [0.25, 0.3) is 6.71 Å². The number of hydrogen-bond acceptors (Lipinski definition) is 2. The Bertz CT molecular complexity index is 7020. The van der Waals surface area contributed by atoms with Gasteiger partial charge in [0.05, 0.1) is 69.1 Å². The molecule has 3 aromatic heterocycles. The molecule has 6 heteroatoms. The standard InChI is InChI=1S/C92H70BN5/c1-91(2,3)65-44-51-80-74(56-65)75-57-66(92(4,5)6)45-52-81(75)97(80)82-39-23-35-72-73-36-24-40-83(90(73)96(89(72)82)67-31-17-10-18-32-67)98-85-58-69(95-78-37-21-19-33-70(78)71-34-20-22-38-79(71)95)48-50-77(85)93-76-49-43-63(60-27-13-8-14-28-60)53-84(76)94(68-46-41-62(42-47-68)59-25-11-7-12-26-59)86-54-64(55-87(98)88(86)93)61-29-15-9-16-30-61/h7-58H,1-6H3/i8D,9D,13D,14D,15D,16D,19D,20D,21D,22D,27D,28D,29D,30D,33D,34D,37D,38D. The number of anilines is 6. The van der Waals surface area contributed by atoms with Gasteiger partial charge >= 0.3 is 0 Å². The smallest absolute Gasteiger partial charge is 0.252 e. The number of rotatable bonds is 8. The van der Waals surface area contributed by atoms with Gasteiger partial charge in [0.2, 0.25) is 0 Å². The van der Waals surface area contributed by atoms with E-state index in [0.29, 0.717) is 56.0 Å². The first-order valence-corrected chi connectivity index (χ1v) is 33.0. The van der Waals surface area contributed by atoms with Crippen LogP contribution in [0.1, 0.15) is 77.3 Å². The number of benzene rings is 14. The lowest BCUT2D eigenvalue weighted by atomic mass is 9.33. The quantitative estimate of drug-likeness (QED) is 0.141. The van der Waals surface area contributed by atoms with E-state index in [4.69, 9.17) is 8.22 Å². The molecule has 0 unspecified atom stereocenters. The number of hydrogen-bond donors (Lipinski definition) is 0. The van der Waals surface area contributed by atoms with Crippen LogP contribution < -0.4 is 26.2 Å². The van der Waals surface area contributed by atoms with Crippen LogP contribution in [0.25, 0.3) is 116 Å². The van der Waals surface area contributed by atoms with Gasteiger partial charge in [-0.25, -0.2) is 0 Å². The Hall–Kier alpha value is -11.9. The van der Waals surface area contributed by atoms with Gasteiger partial charge in [-0.3, -0.25) is 0 Å². The molecule has 2 aliphatic heterocycles. The van der Waals surface area contributed by atoms with Crippen molar-refractivity contribution in [2.45, 2.75) is 52.4 Å². The van der Waals surface area contributed by atoms with Crippen LogP contribution in [0, 0.1) is 0 Å². The van der Waals surface area contributed by atoms with Crippen LogP contribution in [0.2, 0.25) is 0 Å². The molecule has 2 aliphatic rings. The van der Waals surface area contributed by atoms with E-state index in [2.05, 4.69) is 128 Å². The van der Waals surface area contributed by atoms with E-state index < -0.39 is 115 Å². The summed E-state index contributed by atoms with van der Waals surface area (Å²) >= 11 is 0. The maximum atomic E-state index is 9.89. The van der Waals surface area contributed by atoms with E-state index in [1.165, 1.54) is 15.7 Å². The van der Waals surface area contributed by atoms with Crippen LogP contribution in [0.5, 0.6) is 0 Å². The van der Waals surface area contributed by atoms with Gasteiger partial charge in [0, 0.05) is 72.1 Å². The number of fused-ring (bicyclic) bond motifs is 13. The van der Waals surface area contributed by atoms with Crippen molar-refractivity contribution >= 4 is 123 Å². The Kier molecular flexibility index (Phi) is 9.33. The molecular formula is C92H70BN5. The Morgan fingerprint density at radius 2 is 0.755 bits per heavy atom. The average molecular weight is 1270 g/mol. The molecule has 0 radical (unpaired) electrons. The third kappa shape index (κ3) is 8.87. The first-order valence-electron chi connectivity index (χ1n) is 42.0. The van der Waals surface area contributed by atoms with Crippen LogP contribution in [0.4, 0.5) is 34.1 Å². The second kappa shape index (κ2) is 21.8. The molecule has 98 heavy (non-hydrogen) atoms. The third-order valence-corrected chi connectivity index (χ3v) is 19.9. The molecule has 0 amide bonds. The summed E-state index contributed by atoms with van der Waals surface area (Å²) in [6.07, 6.45) is 0. The lowest BCUT2D eigenvalue weighted by Gasteiger charge is -2.45. The zero-order valence-corrected chi connectivity index (χ0v) is 54.4. The molecule has 17 aromatic rings. The SMILES string of the molecule is [2H]c1c([2H])c([2H])c(-c2ccc3c(c2)N(c2ccc(-c4ccccc4)cc2)c2cc(-c4c([2H])c([2H])c([2H])c([2H])c4[2H])cc4c2B3c2ccc(-n3c5c([2H])c([2H])c([2H])c([2H])c5c5c([2H])c([2H])c([2H])c([2H])c53)cc2N4c2cccc3c4cccc(-n5c6ccc(C(C)(C)C)cc6c6cc(C(C)(C)C)ccc65)c4n(-c4ccccc4)c23)c([2H])c1[2H]. The summed E-state index contributed by atoms with van der Waals surface area (Å²) in [5.41, 5.74) is 14.1. The van der Waals surface area contributed by atoms with Crippen molar-refractivity contribution in [3.05, 3.63) is 326 Å². The van der Waals surface area contributed by atoms with Gasteiger partial charge in [0.15, 0.2) is 0 Å². The Morgan fingerprint density at radius 3 is 1.36 bits per heavy atom. The maximum absolute atomic E-state index is 9.89. The molecule has 466 valence electrons. The lowest BCUT2D eigenvalue weighted by Crippen LogP contribution is -2.61. The molecule has 0 fully saturated rings. The minimum atomic E-state index is -0.857. The van der Waals surface area contributed by atoms with Crippen LogP contribution in [0.15, 0.2) is 315 Å². The van der Waals surface area contributed by atoms with Crippen molar-refractivity contribution in [3.8, 4) is 50.4 Å². The summed E-state index contributed by atoms with van der Waals surface area (Å²) in [7, 11) is 0. The van der Waals surface area contributed by atoms with Crippen molar-refractivity contribution < 1.29 is 24.7 Å². The molecule has 5 heterocycles. The largest absolute Gasteiger partial charge is 0.311 e. The first kappa shape index (κ1) is 41.9. The molecule has 0 atom stereocenters. The minimum absolute atomic E-state index is 0.0629. The molecule has 19 rings (SSSR count). The van der Waals surface area contributed by atoms with Crippen molar-refractivity contribution in [1.29, 1.82) is 0 Å². The fourth-order valence-corrected chi connectivity index (χ4v) is 15.3. The summed E-state index contributed by atoms with van der Waals surface area (Å²) in [5, 5.41) is 3.60. The van der Waals surface area contributed by atoms with E-state index in [9.17, 15) is 16.4 Å². The average Bonchev–Trinajstić information content (AvgIpc) is 0.841. The molecule has 0 aliphatic carbocycles. The van der Waals surface area contributed by atoms with E-state index in [1.807, 2.05) is 120 Å². The van der Waals surface area contributed by atoms with Crippen molar-refractivity contribution in [1.82, 2.24) is 13.7 Å². The molecule has 0 saturated heterocycles. The van der Waals surface area contributed by atoms with Gasteiger partial charge in [-0.15, -0.1) is 0 Å². The van der Waals surface area contributed by atoms with Gasteiger partial charge in [-0.05, 0) is 175 Å². The Balaban J connectivity index is 0.999. The van der Waals surface area contributed by atoms with E-state index in [-0.39, 0.29) is 60.6 Å². The van der Waals surface area contributed by atoms with Gasteiger partial charge in [0.1, 0.15) is 0 Å². The highest BCUT2D eigenvalue weighted by molar-refractivity contribution is 7.00. The van der Waals surface area contributed by atoms with E-state index in [1.54, 1.807) is 18.2 Å². The maximum Gasteiger partial charge on any atom is 0.252 e. The van der Waals surface area contributed by atoms with Gasteiger partial charge in [-0.2, -0.15) is 0 Å². The fraction of sp³-hybridized carbons (Fsp3) is 0.0870. The molecule has 0 spiro atoms. The molecular weight excluding hydrogens is 1190 g/mol. The van der Waals surface area contributed by atoms with Crippen molar-refractivity contribution in [2.75, 3.05) is 9.80 Å². The summed E-state index contributed by atoms with van der Waals surface area (Å²) in [4.78, 5) is 4.11. The highest BCUT2D eigenvalue weighted by Crippen LogP contribution is 2.52. The van der Waals surface area contributed by atoms with Crippen molar-refractivity contribution in [2.24, 2.45) is 0 Å². The topological polar surface area (TPSA) is 21.3 Å². The predicted octanol–water partition coefficient (Wildman–Crippen LogP) is 22.7. The van der Waals surface area contributed by atoms with Crippen LogP contribution in [0.3, 0.4) is 0 Å². The van der Waals surface area contributed by atoms with Gasteiger partial charge in [-0.1, -0.05) is 253 Å². The highest BCUT2D eigenvalue weighted by Gasteiger charge is 2.45. The molecule has 0 saturated carbocycles. The zero-order chi connectivity index (χ0) is 81.4. The zero-order valence-electron chi connectivity index (χ0n) is 72.4. The monoisotopic (exact) mass is 1270 g/mol. The summed E-state index contributed by atoms with van der Waals surface area (Å²) in [5.74, 6) is 0. The third-order valence-electron chi connectivity index (χ3n) is 19.9. The Morgan fingerprint density at radius 1 is 0.276 bits per heavy atom. The first-order chi connectivity index (χ1) is 55.4. The van der Waals surface area contributed by atoms with Crippen LogP contribution in [-0.2, 0) is 10.8 Å².